The van der Waals surface area contributed by atoms with E-state index in [1.165, 1.54) is 5.69 Å². The number of terminal acetylenes is 1. The molecule has 2 aromatic heterocycles. The summed E-state index contributed by atoms with van der Waals surface area (Å²) < 4.78 is 1.89. The Labute approximate surface area is 216 Å². The Morgan fingerprint density at radius 3 is 2.51 bits per heavy atom. The maximum absolute atomic E-state index is 12.9. The molecule has 0 radical (unpaired) electrons. The zero-order chi connectivity index (χ0) is 25.9. The molecule has 9 heteroatoms. The molecule has 9 nitrogen and oxygen atoms in total. The minimum absolute atomic E-state index is 0.00274. The molecule has 1 aliphatic heterocycles. The third-order valence-corrected chi connectivity index (χ3v) is 6.46. The van der Waals surface area contributed by atoms with Crippen LogP contribution in [-0.4, -0.2) is 63.6 Å². The lowest BCUT2D eigenvalue weighted by molar-refractivity contribution is 0.102. The highest BCUT2D eigenvalue weighted by Crippen LogP contribution is 2.26. The molecular weight excluding hydrogens is 464 g/mol. The number of hydrogen-bond donors (Lipinski definition) is 2. The Morgan fingerprint density at radius 2 is 1.81 bits per heavy atom. The second kappa shape index (κ2) is 10.3. The van der Waals surface area contributed by atoms with Crippen LogP contribution in [0, 0.1) is 12.3 Å². The number of carbonyl (C=O) groups excluding carboxylic acids is 1. The summed E-state index contributed by atoms with van der Waals surface area (Å²) in [5.74, 6) is 3.13. The number of nitrogens with one attached hydrogen (secondary N) is 2. The van der Waals surface area contributed by atoms with E-state index in [4.69, 9.17) is 11.4 Å². The minimum Gasteiger partial charge on any atom is -0.369 e. The lowest BCUT2D eigenvalue weighted by Gasteiger charge is -2.34. The van der Waals surface area contributed by atoms with Crippen molar-refractivity contribution in [3.63, 3.8) is 0 Å². The third kappa shape index (κ3) is 5.25. The number of fused-ring (bicyclic) bond motifs is 1. The van der Waals surface area contributed by atoms with Gasteiger partial charge in [0, 0.05) is 54.7 Å². The number of aromatic nitrogens is 4. The number of benzene rings is 2. The molecule has 188 valence electrons. The Kier molecular flexibility index (Phi) is 6.75. The summed E-state index contributed by atoms with van der Waals surface area (Å²) in [4.78, 5) is 31.4. The van der Waals surface area contributed by atoms with Gasteiger partial charge in [0.25, 0.3) is 5.91 Å². The van der Waals surface area contributed by atoms with Crippen molar-refractivity contribution in [3.05, 3.63) is 65.9 Å². The van der Waals surface area contributed by atoms with E-state index in [9.17, 15) is 4.79 Å². The van der Waals surface area contributed by atoms with E-state index >= 15 is 0 Å². The Morgan fingerprint density at radius 1 is 1.05 bits per heavy atom. The average molecular weight is 495 g/mol. The van der Waals surface area contributed by atoms with Gasteiger partial charge in [-0.25, -0.2) is 9.97 Å². The molecule has 1 aliphatic rings. The lowest BCUT2D eigenvalue weighted by atomic mass is 10.1. The first-order chi connectivity index (χ1) is 17.9. The topological polar surface area (TPSA) is 91.2 Å². The zero-order valence-corrected chi connectivity index (χ0v) is 21.3. The van der Waals surface area contributed by atoms with Gasteiger partial charge in [0.15, 0.2) is 5.65 Å². The van der Waals surface area contributed by atoms with Crippen LogP contribution >= 0.6 is 0 Å². The number of carbonyl (C=O) groups is 1. The summed E-state index contributed by atoms with van der Waals surface area (Å²) in [6.07, 6.45) is 7.14. The van der Waals surface area contributed by atoms with E-state index in [2.05, 4.69) is 55.5 Å². The minimum atomic E-state index is -0.291. The van der Waals surface area contributed by atoms with E-state index in [0.717, 1.165) is 31.9 Å². The maximum Gasteiger partial charge on any atom is 0.258 e. The Bertz CT molecular complexity index is 1460. The van der Waals surface area contributed by atoms with Gasteiger partial charge in [0.05, 0.1) is 6.20 Å². The highest BCUT2D eigenvalue weighted by molar-refractivity contribution is 6.04. The molecule has 2 aromatic carbocycles. The summed E-state index contributed by atoms with van der Waals surface area (Å²) in [6, 6.07) is 15.3. The Hall–Kier alpha value is -4.42. The van der Waals surface area contributed by atoms with Crippen LogP contribution in [-0.2, 0) is 0 Å². The summed E-state index contributed by atoms with van der Waals surface area (Å²) in [7, 11) is 2.15. The Balaban J connectivity index is 1.36. The smallest absolute Gasteiger partial charge is 0.258 e. The van der Waals surface area contributed by atoms with Gasteiger partial charge in [0.2, 0.25) is 11.9 Å². The maximum atomic E-state index is 12.9. The van der Waals surface area contributed by atoms with Crippen molar-refractivity contribution in [1.82, 2.24) is 24.4 Å². The highest BCUT2D eigenvalue weighted by Gasteiger charge is 2.19. The largest absolute Gasteiger partial charge is 0.369 e. The molecule has 3 heterocycles. The molecule has 0 aliphatic carbocycles. The highest BCUT2D eigenvalue weighted by atomic mass is 16.1. The van der Waals surface area contributed by atoms with Crippen LogP contribution in [0.5, 0.6) is 0 Å². The first kappa shape index (κ1) is 24.3. The number of hydrogen-bond acceptors (Lipinski definition) is 7. The number of imidazole rings is 1. The monoisotopic (exact) mass is 494 g/mol. The molecule has 37 heavy (non-hydrogen) atoms. The fourth-order valence-corrected chi connectivity index (χ4v) is 4.40. The van der Waals surface area contributed by atoms with Gasteiger partial charge in [0.1, 0.15) is 5.52 Å². The third-order valence-electron chi connectivity index (χ3n) is 6.46. The van der Waals surface area contributed by atoms with Gasteiger partial charge < -0.3 is 15.1 Å². The van der Waals surface area contributed by atoms with E-state index in [1.807, 2.05) is 30.5 Å². The van der Waals surface area contributed by atoms with Crippen LogP contribution < -0.4 is 15.5 Å². The first-order valence-electron chi connectivity index (χ1n) is 12.3. The molecule has 4 aromatic rings. The van der Waals surface area contributed by atoms with E-state index in [0.29, 0.717) is 34.2 Å². The molecule has 0 saturated carbocycles. The van der Waals surface area contributed by atoms with Crippen LogP contribution in [0.15, 0.2) is 54.7 Å². The van der Waals surface area contributed by atoms with Crippen LogP contribution in [0.25, 0.3) is 11.2 Å². The van der Waals surface area contributed by atoms with Crippen molar-refractivity contribution in [2.45, 2.75) is 19.9 Å². The summed E-state index contributed by atoms with van der Waals surface area (Å²) >= 11 is 0. The van der Waals surface area contributed by atoms with Crippen LogP contribution in [0.3, 0.4) is 0 Å². The quantitative estimate of drug-likeness (QED) is 0.389. The van der Waals surface area contributed by atoms with Crippen molar-refractivity contribution in [2.75, 3.05) is 48.8 Å². The summed E-state index contributed by atoms with van der Waals surface area (Å²) in [5.41, 5.74) is 4.44. The normalized spacial score (nSPS) is 14.1. The molecule has 0 atom stereocenters. The predicted molar refractivity (Wildman–Crippen MR) is 147 cm³/mol. The SMILES string of the molecule is C#Cc1cccc(C(=O)Nc2nc3cnc(Nc4ccc(N5CCN(C)CC5)cc4)nc3n2C(C)C)c1. The molecule has 0 unspecified atom stereocenters. The molecule has 1 fully saturated rings. The van der Waals surface area contributed by atoms with Crippen molar-refractivity contribution in [3.8, 4) is 12.3 Å². The van der Waals surface area contributed by atoms with Crippen LogP contribution in [0.2, 0.25) is 0 Å². The van der Waals surface area contributed by atoms with E-state index in [1.54, 1.807) is 30.5 Å². The van der Waals surface area contributed by atoms with Crippen molar-refractivity contribution in [1.29, 1.82) is 0 Å². The summed E-state index contributed by atoms with van der Waals surface area (Å²) in [5, 5.41) is 6.20. The molecule has 5 rings (SSSR count). The number of likely N-dealkylation sites (N-methyl/N-ethyl adjacent to an activating group) is 1. The fourth-order valence-electron chi connectivity index (χ4n) is 4.40. The van der Waals surface area contributed by atoms with Crippen LogP contribution in [0.4, 0.5) is 23.3 Å². The average Bonchev–Trinajstić information content (AvgIpc) is 3.27. The lowest BCUT2D eigenvalue weighted by Crippen LogP contribution is -2.44. The van der Waals surface area contributed by atoms with Gasteiger partial charge in [-0.05, 0) is 63.4 Å². The number of nitrogens with zero attached hydrogens (tertiary/aromatic N) is 6. The fraction of sp³-hybridized carbons (Fsp3) is 0.286. The first-order valence-corrected chi connectivity index (χ1v) is 12.3. The molecule has 1 amide bonds. The van der Waals surface area contributed by atoms with Crippen molar-refractivity contribution < 1.29 is 4.79 Å². The van der Waals surface area contributed by atoms with Gasteiger partial charge in [-0.3, -0.25) is 14.7 Å². The van der Waals surface area contributed by atoms with Gasteiger partial charge >= 0.3 is 0 Å². The van der Waals surface area contributed by atoms with Gasteiger partial charge in [-0.15, -0.1) is 6.42 Å². The number of amides is 1. The molecule has 0 bridgehead atoms. The standard InChI is InChI=1S/C28H30N8O/c1-5-20-7-6-8-21(17-20)26(37)33-28-31-24-18-29-27(32-25(24)36(28)19(2)3)30-22-9-11-23(12-10-22)35-15-13-34(4)14-16-35/h1,6-12,17-19H,13-16H2,2-4H3,(H,29,30,32)(H,31,33,37). The number of piperazine rings is 1. The number of rotatable bonds is 6. The van der Waals surface area contributed by atoms with Crippen molar-refractivity contribution in [2.24, 2.45) is 0 Å². The predicted octanol–water partition coefficient (Wildman–Crippen LogP) is 4.14. The van der Waals surface area contributed by atoms with E-state index in [-0.39, 0.29) is 11.9 Å². The molecule has 1 saturated heterocycles. The van der Waals surface area contributed by atoms with Crippen molar-refractivity contribution >= 4 is 40.3 Å². The van der Waals surface area contributed by atoms with Gasteiger partial charge in [-0.2, -0.15) is 4.98 Å². The van der Waals surface area contributed by atoms with Crippen LogP contribution in [0.1, 0.15) is 35.8 Å². The molecule has 0 spiro atoms. The molecular formula is C28H30N8O. The molecule has 2 N–H and O–H groups in total. The van der Waals surface area contributed by atoms with E-state index < -0.39 is 0 Å². The zero-order valence-electron chi connectivity index (χ0n) is 21.3. The second-order valence-corrected chi connectivity index (χ2v) is 9.44. The number of anilines is 4. The second-order valence-electron chi connectivity index (χ2n) is 9.44. The summed E-state index contributed by atoms with van der Waals surface area (Å²) in [6.45, 7) is 8.21. The van der Waals surface area contributed by atoms with Gasteiger partial charge in [-0.1, -0.05) is 12.0 Å².